The molecule has 74 valence electrons. The highest BCUT2D eigenvalue weighted by Gasteiger charge is 2.39. The minimum Gasteiger partial charge on any atom is -0.389 e. The summed E-state index contributed by atoms with van der Waals surface area (Å²) in [5.74, 6) is -0.0715. The number of carbonyl (C=O) groups is 1. The molecule has 0 unspecified atom stereocenters. The molecular formula is C9H14ClNO2. The van der Waals surface area contributed by atoms with Crippen LogP contribution in [-0.2, 0) is 4.79 Å². The molecule has 3 nitrogen and oxygen atoms in total. The summed E-state index contributed by atoms with van der Waals surface area (Å²) in [6.07, 6.45) is -0.372. The van der Waals surface area contributed by atoms with Gasteiger partial charge in [-0.25, -0.2) is 0 Å². The molecule has 0 aliphatic carbocycles. The lowest BCUT2D eigenvalue weighted by Crippen LogP contribution is -2.57. The third-order valence-electron chi connectivity index (χ3n) is 2.36. The van der Waals surface area contributed by atoms with Gasteiger partial charge in [0, 0.05) is 18.1 Å². The molecule has 0 bridgehead atoms. The summed E-state index contributed by atoms with van der Waals surface area (Å²) in [5, 5.41) is 9.35. The van der Waals surface area contributed by atoms with E-state index in [4.69, 9.17) is 16.7 Å². The molecule has 1 saturated heterocycles. The highest BCUT2D eigenvalue weighted by molar-refractivity contribution is 6.31. The second kappa shape index (κ2) is 3.31. The maximum atomic E-state index is 11.7. The van der Waals surface area contributed by atoms with E-state index in [-0.39, 0.29) is 12.0 Å². The molecule has 1 N–H and O–H groups in total. The van der Waals surface area contributed by atoms with Crippen LogP contribution in [0.1, 0.15) is 13.8 Å². The first-order chi connectivity index (χ1) is 5.85. The summed E-state index contributed by atoms with van der Waals surface area (Å²) in [6.45, 7) is 7.84. The van der Waals surface area contributed by atoms with E-state index in [0.717, 1.165) is 0 Å². The molecule has 1 fully saturated rings. The third-order valence-corrected chi connectivity index (χ3v) is 2.83. The van der Waals surface area contributed by atoms with Crippen molar-refractivity contribution in [3.8, 4) is 0 Å². The Labute approximate surface area is 83.0 Å². The number of aliphatic hydroxyl groups is 1. The molecule has 13 heavy (non-hydrogen) atoms. The molecule has 1 aliphatic rings. The summed E-state index contributed by atoms with van der Waals surface area (Å²) in [5.41, 5.74) is -0.734. The van der Waals surface area contributed by atoms with E-state index in [2.05, 4.69) is 6.58 Å². The van der Waals surface area contributed by atoms with Gasteiger partial charge in [0.05, 0.1) is 11.5 Å². The minimum absolute atomic E-state index is 0.0715. The monoisotopic (exact) mass is 203 g/mol. The Kier molecular flexibility index (Phi) is 2.68. The molecule has 1 heterocycles. The fourth-order valence-corrected chi connectivity index (χ4v) is 1.21. The van der Waals surface area contributed by atoms with Gasteiger partial charge in [0.25, 0.3) is 0 Å². The first-order valence-corrected chi connectivity index (χ1v) is 4.56. The number of amides is 1. The highest BCUT2D eigenvalue weighted by atomic mass is 35.5. The van der Waals surface area contributed by atoms with Crippen LogP contribution in [-0.4, -0.2) is 35.1 Å². The number of β-amino-alcohol motifs (C(OH)–C–C–N with tert-alkyl or cyclic N) is 1. The molecule has 1 rings (SSSR count). The Morgan fingerprint density at radius 2 is 2.08 bits per heavy atom. The fraction of sp³-hybridized carbons (Fsp3) is 0.667. The van der Waals surface area contributed by atoms with E-state index < -0.39 is 5.41 Å². The van der Waals surface area contributed by atoms with Crippen LogP contribution < -0.4 is 0 Å². The predicted molar refractivity (Wildman–Crippen MR) is 51.4 cm³/mol. The van der Waals surface area contributed by atoms with Crippen molar-refractivity contribution in [2.45, 2.75) is 20.0 Å². The zero-order chi connectivity index (χ0) is 10.2. The zero-order valence-electron chi connectivity index (χ0n) is 7.88. The Morgan fingerprint density at radius 1 is 1.62 bits per heavy atom. The molecule has 0 atom stereocenters. The second-order valence-corrected chi connectivity index (χ2v) is 4.35. The highest BCUT2D eigenvalue weighted by Crippen LogP contribution is 2.31. The van der Waals surface area contributed by atoms with Crippen LogP contribution in [0.25, 0.3) is 0 Å². The van der Waals surface area contributed by atoms with Crippen LogP contribution in [0.15, 0.2) is 11.6 Å². The summed E-state index contributed by atoms with van der Waals surface area (Å²) < 4.78 is 0. The van der Waals surface area contributed by atoms with Gasteiger partial charge < -0.3 is 10.0 Å². The average Bonchev–Trinajstić information content (AvgIpc) is 1.97. The van der Waals surface area contributed by atoms with Crippen molar-refractivity contribution in [3.05, 3.63) is 11.6 Å². The molecule has 0 aromatic carbocycles. The average molecular weight is 204 g/mol. The minimum atomic E-state index is -0.734. The number of likely N-dealkylation sites (tertiary alicyclic amines) is 1. The van der Waals surface area contributed by atoms with Gasteiger partial charge in [0.2, 0.25) is 5.91 Å². The lowest BCUT2D eigenvalue weighted by molar-refractivity contribution is -0.148. The van der Waals surface area contributed by atoms with Crippen LogP contribution in [0.5, 0.6) is 0 Å². The third kappa shape index (κ3) is 1.86. The molecule has 4 heteroatoms. The van der Waals surface area contributed by atoms with Crippen LogP contribution in [0, 0.1) is 5.41 Å². The van der Waals surface area contributed by atoms with Crippen LogP contribution >= 0.6 is 11.6 Å². The number of carbonyl (C=O) groups excluding carboxylic acids is 1. The number of hydrogen-bond donors (Lipinski definition) is 1. The summed E-state index contributed by atoms with van der Waals surface area (Å²) >= 11 is 5.72. The van der Waals surface area contributed by atoms with Gasteiger partial charge in [0.15, 0.2) is 0 Å². The summed E-state index contributed by atoms with van der Waals surface area (Å²) in [4.78, 5) is 13.3. The van der Waals surface area contributed by atoms with Gasteiger partial charge in [-0.3, -0.25) is 4.79 Å². The maximum absolute atomic E-state index is 11.7. The van der Waals surface area contributed by atoms with Crippen molar-refractivity contribution < 1.29 is 9.90 Å². The SMILES string of the molecule is C=C(Cl)C(C)(C)C(=O)N1CC(O)C1. The Hall–Kier alpha value is -0.540. The van der Waals surface area contributed by atoms with Crippen molar-refractivity contribution in [1.82, 2.24) is 4.90 Å². The number of hydrogen-bond acceptors (Lipinski definition) is 2. The van der Waals surface area contributed by atoms with Gasteiger partial charge in [-0.15, -0.1) is 0 Å². The zero-order valence-corrected chi connectivity index (χ0v) is 8.64. The standard InChI is InChI=1S/C9H14ClNO2/c1-6(10)9(2,3)8(13)11-4-7(12)5-11/h7,12H,1,4-5H2,2-3H3. The molecule has 0 aromatic rings. The van der Waals surface area contributed by atoms with Crippen LogP contribution in [0.3, 0.4) is 0 Å². The van der Waals surface area contributed by atoms with Crippen molar-refractivity contribution in [2.75, 3.05) is 13.1 Å². The van der Waals surface area contributed by atoms with E-state index in [0.29, 0.717) is 18.1 Å². The number of nitrogens with zero attached hydrogens (tertiary/aromatic N) is 1. The van der Waals surface area contributed by atoms with Crippen molar-refractivity contribution in [2.24, 2.45) is 5.41 Å². The molecule has 0 aromatic heterocycles. The first-order valence-electron chi connectivity index (χ1n) is 4.18. The van der Waals surface area contributed by atoms with E-state index in [1.807, 2.05) is 0 Å². The first kappa shape index (κ1) is 10.5. The summed E-state index contributed by atoms with van der Waals surface area (Å²) in [6, 6.07) is 0. The molecule has 0 saturated carbocycles. The quantitative estimate of drug-likeness (QED) is 0.727. The topological polar surface area (TPSA) is 40.5 Å². The van der Waals surface area contributed by atoms with E-state index in [9.17, 15) is 4.79 Å². The van der Waals surface area contributed by atoms with E-state index in [1.165, 1.54) is 0 Å². The molecule has 0 radical (unpaired) electrons. The second-order valence-electron chi connectivity index (χ2n) is 3.89. The Bertz CT molecular complexity index is 244. The molecule has 1 aliphatic heterocycles. The van der Waals surface area contributed by atoms with E-state index >= 15 is 0 Å². The van der Waals surface area contributed by atoms with Crippen LogP contribution in [0.4, 0.5) is 0 Å². The van der Waals surface area contributed by atoms with Gasteiger partial charge in [0.1, 0.15) is 0 Å². The smallest absolute Gasteiger partial charge is 0.233 e. The Morgan fingerprint density at radius 3 is 2.38 bits per heavy atom. The maximum Gasteiger partial charge on any atom is 0.233 e. The fourth-order valence-electron chi connectivity index (χ4n) is 1.13. The molecule has 1 amide bonds. The molecular weight excluding hydrogens is 190 g/mol. The van der Waals surface area contributed by atoms with Gasteiger partial charge in [-0.2, -0.15) is 0 Å². The van der Waals surface area contributed by atoms with Crippen molar-refractivity contribution in [3.63, 3.8) is 0 Å². The Balaban J connectivity index is 2.62. The van der Waals surface area contributed by atoms with Gasteiger partial charge in [-0.1, -0.05) is 18.2 Å². The number of aliphatic hydroxyl groups excluding tert-OH is 1. The number of rotatable bonds is 2. The lowest BCUT2D eigenvalue weighted by Gasteiger charge is -2.40. The van der Waals surface area contributed by atoms with Gasteiger partial charge in [-0.05, 0) is 13.8 Å². The largest absolute Gasteiger partial charge is 0.389 e. The van der Waals surface area contributed by atoms with E-state index in [1.54, 1.807) is 18.7 Å². The van der Waals surface area contributed by atoms with Gasteiger partial charge >= 0.3 is 0 Å². The summed E-state index contributed by atoms with van der Waals surface area (Å²) in [7, 11) is 0. The van der Waals surface area contributed by atoms with Crippen molar-refractivity contribution >= 4 is 17.5 Å². The number of halogens is 1. The lowest BCUT2D eigenvalue weighted by atomic mass is 9.90. The molecule has 0 spiro atoms. The predicted octanol–water partition coefficient (Wildman–Crippen LogP) is 0.968. The van der Waals surface area contributed by atoms with Crippen molar-refractivity contribution in [1.29, 1.82) is 0 Å². The van der Waals surface area contributed by atoms with Crippen LogP contribution in [0.2, 0.25) is 0 Å². The normalized spacial score (nSPS) is 18.3.